The molecule has 1 fully saturated rings. The van der Waals surface area contributed by atoms with Gasteiger partial charge in [-0.05, 0) is 43.6 Å². The summed E-state index contributed by atoms with van der Waals surface area (Å²) in [5.74, 6) is -0.849. The summed E-state index contributed by atoms with van der Waals surface area (Å²) in [7, 11) is 0. The summed E-state index contributed by atoms with van der Waals surface area (Å²) in [5.41, 5.74) is 1.31. The number of benzene rings is 1. The van der Waals surface area contributed by atoms with Crippen molar-refractivity contribution in [2.24, 2.45) is 0 Å². The summed E-state index contributed by atoms with van der Waals surface area (Å²) in [6, 6.07) is 5.50. The van der Waals surface area contributed by atoms with Crippen LogP contribution < -0.4 is 0 Å². The Labute approximate surface area is 110 Å². The lowest BCUT2D eigenvalue weighted by molar-refractivity contribution is 0.0694. The number of aromatic carboxylic acids is 1. The molecule has 1 aliphatic heterocycles. The van der Waals surface area contributed by atoms with Crippen molar-refractivity contribution in [3.63, 3.8) is 0 Å². The normalized spacial score (nSPS) is 17.0. The number of carboxylic acid groups (broad SMARTS) is 1. The van der Waals surface area contributed by atoms with Crippen LogP contribution in [0.5, 0.6) is 0 Å². The minimum Gasteiger partial charge on any atom is -0.478 e. The van der Waals surface area contributed by atoms with Gasteiger partial charge in [-0.3, -0.25) is 4.90 Å². The van der Waals surface area contributed by atoms with E-state index in [2.05, 4.69) is 20.8 Å². The van der Waals surface area contributed by atoms with Crippen molar-refractivity contribution in [1.29, 1.82) is 0 Å². The van der Waals surface area contributed by atoms with Crippen molar-refractivity contribution in [1.82, 2.24) is 4.90 Å². The molecular weight excluding hydrogens is 282 g/mol. The van der Waals surface area contributed by atoms with E-state index in [0.717, 1.165) is 29.7 Å². The van der Waals surface area contributed by atoms with E-state index in [-0.39, 0.29) is 0 Å². The van der Waals surface area contributed by atoms with Crippen LogP contribution >= 0.6 is 15.9 Å². The number of carbonyl (C=O) groups is 1. The topological polar surface area (TPSA) is 40.5 Å². The molecule has 1 aliphatic rings. The fourth-order valence-electron chi connectivity index (χ4n) is 2.24. The summed E-state index contributed by atoms with van der Waals surface area (Å²) in [4.78, 5) is 13.5. The number of hydrogen-bond donors (Lipinski definition) is 1. The smallest absolute Gasteiger partial charge is 0.336 e. The molecule has 0 aromatic heterocycles. The van der Waals surface area contributed by atoms with Crippen LogP contribution in [0.4, 0.5) is 0 Å². The first-order chi connectivity index (χ1) is 8.16. The second-order valence-corrected chi connectivity index (χ2v) is 5.36. The Balaban J connectivity index is 2.16. The van der Waals surface area contributed by atoms with E-state index >= 15 is 0 Å². The van der Waals surface area contributed by atoms with E-state index < -0.39 is 5.97 Å². The van der Waals surface area contributed by atoms with Crippen molar-refractivity contribution in [2.75, 3.05) is 13.1 Å². The van der Waals surface area contributed by atoms with Crippen LogP contribution in [-0.2, 0) is 6.54 Å². The lowest BCUT2D eigenvalue weighted by atomic mass is 10.1. The average molecular weight is 298 g/mol. The number of rotatable bonds is 3. The van der Waals surface area contributed by atoms with Crippen LogP contribution in [0.25, 0.3) is 0 Å². The fraction of sp³-hybridized carbons (Fsp3) is 0.462. The number of nitrogens with zero attached hydrogens (tertiary/aromatic N) is 1. The number of piperidine rings is 1. The van der Waals surface area contributed by atoms with Gasteiger partial charge in [-0.2, -0.15) is 0 Å². The quantitative estimate of drug-likeness (QED) is 0.932. The Bertz CT molecular complexity index is 414. The van der Waals surface area contributed by atoms with Crippen LogP contribution in [0, 0.1) is 0 Å². The molecule has 1 aromatic carbocycles. The average Bonchev–Trinajstić information content (AvgIpc) is 2.32. The number of hydrogen-bond acceptors (Lipinski definition) is 2. The molecule has 0 unspecified atom stereocenters. The van der Waals surface area contributed by atoms with Crippen molar-refractivity contribution in [2.45, 2.75) is 25.8 Å². The fourth-order valence-corrected chi connectivity index (χ4v) is 2.61. The van der Waals surface area contributed by atoms with Gasteiger partial charge in [0.25, 0.3) is 0 Å². The van der Waals surface area contributed by atoms with Gasteiger partial charge in [0.15, 0.2) is 0 Å². The predicted octanol–water partition coefficient (Wildman–Crippen LogP) is 3.13. The minimum absolute atomic E-state index is 0.407. The summed E-state index contributed by atoms with van der Waals surface area (Å²) in [6.07, 6.45) is 3.74. The molecule has 1 heterocycles. The second kappa shape index (κ2) is 5.65. The molecule has 0 saturated carbocycles. The van der Waals surface area contributed by atoms with Gasteiger partial charge in [0.1, 0.15) is 0 Å². The van der Waals surface area contributed by atoms with E-state index in [1.807, 2.05) is 12.1 Å². The third-order valence-electron chi connectivity index (χ3n) is 3.14. The lowest BCUT2D eigenvalue weighted by Crippen LogP contribution is -2.29. The van der Waals surface area contributed by atoms with Gasteiger partial charge in [-0.25, -0.2) is 4.79 Å². The van der Waals surface area contributed by atoms with Crippen LogP contribution in [-0.4, -0.2) is 29.1 Å². The summed E-state index contributed by atoms with van der Waals surface area (Å²) in [5, 5.41) is 9.18. The molecule has 92 valence electrons. The first kappa shape index (κ1) is 12.6. The molecule has 0 atom stereocenters. The zero-order valence-electron chi connectivity index (χ0n) is 9.66. The largest absolute Gasteiger partial charge is 0.478 e. The molecule has 4 heteroatoms. The van der Waals surface area contributed by atoms with Crippen LogP contribution in [0.1, 0.15) is 35.2 Å². The Kier molecular flexibility index (Phi) is 4.18. The number of likely N-dealkylation sites (tertiary alicyclic amines) is 1. The van der Waals surface area contributed by atoms with Gasteiger partial charge in [-0.1, -0.05) is 28.4 Å². The van der Waals surface area contributed by atoms with Gasteiger partial charge in [0, 0.05) is 11.0 Å². The molecule has 1 saturated heterocycles. The SMILES string of the molecule is O=C(O)c1cc(Br)ccc1CN1CCCCC1. The first-order valence-corrected chi connectivity index (χ1v) is 6.70. The standard InChI is InChI=1S/C13H16BrNO2/c14-11-5-4-10(12(8-11)13(16)17)9-15-6-2-1-3-7-15/h4-5,8H,1-3,6-7,9H2,(H,16,17). The maximum Gasteiger partial charge on any atom is 0.336 e. The molecule has 0 aliphatic carbocycles. The van der Waals surface area contributed by atoms with Gasteiger partial charge < -0.3 is 5.11 Å². The Hall–Kier alpha value is -0.870. The molecule has 3 nitrogen and oxygen atoms in total. The lowest BCUT2D eigenvalue weighted by Gasteiger charge is -2.26. The zero-order valence-corrected chi connectivity index (χ0v) is 11.2. The van der Waals surface area contributed by atoms with Crippen molar-refractivity contribution >= 4 is 21.9 Å². The van der Waals surface area contributed by atoms with Gasteiger partial charge in [0.05, 0.1) is 5.56 Å². The predicted molar refractivity (Wildman–Crippen MR) is 70.2 cm³/mol. The highest BCUT2D eigenvalue weighted by Gasteiger charge is 2.15. The minimum atomic E-state index is -0.849. The second-order valence-electron chi connectivity index (χ2n) is 4.44. The Morgan fingerprint density at radius 3 is 2.65 bits per heavy atom. The molecular formula is C13H16BrNO2. The third kappa shape index (κ3) is 3.30. The highest BCUT2D eigenvalue weighted by molar-refractivity contribution is 9.10. The summed E-state index contributed by atoms with van der Waals surface area (Å²) in [6.45, 7) is 2.90. The molecule has 0 amide bonds. The van der Waals surface area contributed by atoms with E-state index in [9.17, 15) is 9.90 Å². The molecule has 0 spiro atoms. The molecule has 0 radical (unpaired) electrons. The van der Waals surface area contributed by atoms with Crippen LogP contribution in [0.15, 0.2) is 22.7 Å². The first-order valence-electron chi connectivity index (χ1n) is 5.91. The van der Waals surface area contributed by atoms with E-state index in [4.69, 9.17) is 0 Å². The van der Waals surface area contributed by atoms with E-state index in [1.165, 1.54) is 19.3 Å². The van der Waals surface area contributed by atoms with Crippen LogP contribution in [0.2, 0.25) is 0 Å². The Morgan fingerprint density at radius 1 is 1.29 bits per heavy atom. The molecule has 2 rings (SSSR count). The molecule has 1 aromatic rings. The maximum atomic E-state index is 11.2. The van der Waals surface area contributed by atoms with E-state index in [0.29, 0.717) is 5.56 Å². The Morgan fingerprint density at radius 2 is 2.00 bits per heavy atom. The summed E-state index contributed by atoms with van der Waals surface area (Å²) >= 11 is 3.31. The van der Waals surface area contributed by atoms with E-state index in [1.54, 1.807) is 6.07 Å². The maximum absolute atomic E-state index is 11.2. The molecule has 17 heavy (non-hydrogen) atoms. The van der Waals surface area contributed by atoms with Crippen molar-refractivity contribution in [3.05, 3.63) is 33.8 Å². The van der Waals surface area contributed by atoms with Gasteiger partial charge >= 0.3 is 5.97 Å². The van der Waals surface area contributed by atoms with Crippen molar-refractivity contribution < 1.29 is 9.90 Å². The van der Waals surface area contributed by atoms with Gasteiger partial charge in [0.2, 0.25) is 0 Å². The van der Waals surface area contributed by atoms with Crippen LogP contribution in [0.3, 0.4) is 0 Å². The monoisotopic (exact) mass is 297 g/mol. The third-order valence-corrected chi connectivity index (χ3v) is 3.64. The van der Waals surface area contributed by atoms with Gasteiger partial charge in [-0.15, -0.1) is 0 Å². The number of carboxylic acids is 1. The summed E-state index contributed by atoms with van der Waals surface area (Å²) < 4.78 is 0.817. The zero-order chi connectivity index (χ0) is 12.3. The van der Waals surface area contributed by atoms with Crippen molar-refractivity contribution in [3.8, 4) is 0 Å². The number of halogens is 1. The molecule has 1 N–H and O–H groups in total. The molecule has 0 bridgehead atoms. The highest BCUT2D eigenvalue weighted by atomic mass is 79.9. The highest BCUT2D eigenvalue weighted by Crippen LogP contribution is 2.20.